The average molecular weight is 359 g/mol. The fourth-order valence-corrected chi connectivity index (χ4v) is 2.69. The van der Waals surface area contributed by atoms with Crippen molar-refractivity contribution in [3.8, 4) is 22.6 Å². The van der Waals surface area contributed by atoms with Crippen LogP contribution in [0, 0.1) is 0 Å². The SMILES string of the molecule is COc1ccc(C=CC(=O)Nc2ccc(-c3ccccc3)cc2)cc1OC. The molecule has 0 aliphatic heterocycles. The van der Waals surface area contributed by atoms with Gasteiger partial charge >= 0.3 is 0 Å². The lowest BCUT2D eigenvalue weighted by Crippen LogP contribution is -2.07. The van der Waals surface area contributed by atoms with E-state index in [-0.39, 0.29) is 5.91 Å². The lowest BCUT2D eigenvalue weighted by Gasteiger charge is -2.07. The number of amides is 1. The van der Waals surface area contributed by atoms with Crippen LogP contribution in [0.2, 0.25) is 0 Å². The number of carbonyl (C=O) groups excluding carboxylic acids is 1. The van der Waals surface area contributed by atoms with Crippen molar-refractivity contribution >= 4 is 17.7 Å². The van der Waals surface area contributed by atoms with Crippen molar-refractivity contribution in [3.63, 3.8) is 0 Å². The molecule has 1 N–H and O–H groups in total. The number of anilines is 1. The van der Waals surface area contributed by atoms with Crippen LogP contribution in [-0.4, -0.2) is 20.1 Å². The molecule has 0 unspecified atom stereocenters. The van der Waals surface area contributed by atoms with E-state index in [1.165, 1.54) is 6.08 Å². The zero-order chi connectivity index (χ0) is 19.1. The molecule has 4 heteroatoms. The Balaban J connectivity index is 1.64. The molecule has 0 heterocycles. The van der Waals surface area contributed by atoms with Crippen LogP contribution >= 0.6 is 0 Å². The Labute approximate surface area is 159 Å². The number of hydrogen-bond donors (Lipinski definition) is 1. The quantitative estimate of drug-likeness (QED) is 0.629. The van der Waals surface area contributed by atoms with Crippen molar-refractivity contribution in [1.29, 1.82) is 0 Å². The maximum Gasteiger partial charge on any atom is 0.248 e. The summed E-state index contributed by atoms with van der Waals surface area (Å²) < 4.78 is 10.5. The first-order valence-corrected chi connectivity index (χ1v) is 8.56. The second kappa shape index (κ2) is 8.72. The van der Waals surface area contributed by atoms with Crippen LogP contribution in [0.1, 0.15) is 5.56 Å². The van der Waals surface area contributed by atoms with Crippen LogP contribution in [0.5, 0.6) is 11.5 Å². The fourth-order valence-electron chi connectivity index (χ4n) is 2.69. The molecular formula is C23H21NO3. The highest BCUT2D eigenvalue weighted by Crippen LogP contribution is 2.28. The Bertz CT molecular complexity index is 932. The van der Waals surface area contributed by atoms with Crippen molar-refractivity contribution in [3.05, 3.63) is 84.4 Å². The molecule has 0 aliphatic rings. The number of methoxy groups -OCH3 is 2. The molecule has 0 aliphatic carbocycles. The molecule has 0 fully saturated rings. The molecule has 1 amide bonds. The van der Waals surface area contributed by atoms with Crippen LogP contribution < -0.4 is 14.8 Å². The van der Waals surface area contributed by atoms with E-state index >= 15 is 0 Å². The lowest BCUT2D eigenvalue weighted by molar-refractivity contribution is -0.111. The van der Waals surface area contributed by atoms with Gasteiger partial charge in [0, 0.05) is 11.8 Å². The van der Waals surface area contributed by atoms with Crippen molar-refractivity contribution < 1.29 is 14.3 Å². The second-order valence-electron chi connectivity index (χ2n) is 5.88. The number of ether oxygens (including phenoxy) is 2. The van der Waals surface area contributed by atoms with E-state index in [1.807, 2.05) is 54.6 Å². The predicted octanol–water partition coefficient (Wildman–Crippen LogP) is 5.02. The van der Waals surface area contributed by atoms with E-state index in [9.17, 15) is 4.79 Å². The first kappa shape index (κ1) is 18.3. The van der Waals surface area contributed by atoms with Crippen LogP contribution in [0.25, 0.3) is 17.2 Å². The van der Waals surface area contributed by atoms with Crippen LogP contribution in [0.4, 0.5) is 5.69 Å². The number of benzene rings is 3. The molecule has 3 aromatic rings. The minimum Gasteiger partial charge on any atom is -0.493 e. The molecule has 3 aromatic carbocycles. The highest BCUT2D eigenvalue weighted by atomic mass is 16.5. The van der Waals surface area contributed by atoms with Crippen molar-refractivity contribution in [1.82, 2.24) is 0 Å². The summed E-state index contributed by atoms with van der Waals surface area (Å²) in [5.74, 6) is 1.08. The smallest absolute Gasteiger partial charge is 0.248 e. The summed E-state index contributed by atoms with van der Waals surface area (Å²) in [6.07, 6.45) is 3.22. The van der Waals surface area contributed by atoms with Gasteiger partial charge in [-0.05, 0) is 47.0 Å². The summed E-state index contributed by atoms with van der Waals surface area (Å²) in [5.41, 5.74) is 3.84. The molecule has 0 radical (unpaired) electrons. The van der Waals surface area contributed by atoms with E-state index in [4.69, 9.17) is 9.47 Å². The van der Waals surface area contributed by atoms with Crippen LogP contribution in [0.3, 0.4) is 0 Å². The summed E-state index contributed by atoms with van der Waals surface area (Å²) >= 11 is 0. The van der Waals surface area contributed by atoms with Gasteiger partial charge in [0.2, 0.25) is 5.91 Å². The normalized spacial score (nSPS) is 10.6. The molecule has 0 saturated heterocycles. The monoisotopic (exact) mass is 359 g/mol. The van der Waals surface area contributed by atoms with Crippen molar-refractivity contribution in [2.24, 2.45) is 0 Å². The molecule has 3 rings (SSSR count). The third-order valence-electron chi connectivity index (χ3n) is 4.09. The van der Waals surface area contributed by atoms with E-state index in [0.29, 0.717) is 11.5 Å². The molecular weight excluding hydrogens is 338 g/mol. The summed E-state index contributed by atoms with van der Waals surface area (Å²) in [4.78, 5) is 12.2. The Kier molecular flexibility index (Phi) is 5.90. The first-order chi connectivity index (χ1) is 13.2. The zero-order valence-corrected chi connectivity index (χ0v) is 15.3. The highest BCUT2D eigenvalue weighted by Gasteiger charge is 2.04. The van der Waals surface area contributed by atoms with Gasteiger partial charge in [-0.2, -0.15) is 0 Å². The predicted molar refractivity (Wildman–Crippen MR) is 109 cm³/mol. The molecule has 136 valence electrons. The molecule has 0 saturated carbocycles. The van der Waals surface area contributed by atoms with E-state index in [2.05, 4.69) is 17.4 Å². The fraction of sp³-hybridized carbons (Fsp3) is 0.0870. The largest absolute Gasteiger partial charge is 0.493 e. The Hall–Kier alpha value is -3.53. The number of nitrogens with one attached hydrogen (secondary N) is 1. The van der Waals surface area contributed by atoms with Gasteiger partial charge in [0.1, 0.15) is 0 Å². The topological polar surface area (TPSA) is 47.6 Å². The van der Waals surface area contributed by atoms with Crippen molar-refractivity contribution in [2.75, 3.05) is 19.5 Å². The van der Waals surface area contributed by atoms with Gasteiger partial charge < -0.3 is 14.8 Å². The van der Waals surface area contributed by atoms with Gasteiger partial charge in [-0.15, -0.1) is 0 Å². The second-order valence-corrected chi connectivity index (χ2v) is 5.88. The van der Waals surface area contributed by atoms with Crippen LogP contribution in [-0.2, 0) is 4.79 Å². The molecule has 0 atom stereocenters. The number of hydrogen-bond acceptors (Lipinski definition) is 3. The van der Waals surface area contributed by atoms with E-state index in [0.717, 1.165) is 22.4 Å². The molecule has 0 bridgehead atoms. The molecule has 27 heavy (non-hydrogen) atoms. The summed E-state index contributed by atoms with van der Waals surface area (Å²) in [5, 5.41) is 2.86. The van der Waals surface area contributed by atoms with Gasteiger partial charge in [-0.25, -0.2) is 0 Å². The maximum atomic E-state index is 12.2. The number of carbonyl (C=O) groups is 1. The van der Waals surface area contributed by atoms with Gasteiger partial charge in [-0.3, -0.25) is 4.79 Å². The van der Waals surface area contributed by atoms with Crippen LogP contribution in [0.15, 0.2) is 78.9 Å². The maximum absolute atomic E-state index is 12.2. The third kappa shape index (κ3) is 4.76. The Morgan fingerprint density at radius 2 is 1.48 bits per heavy atom. The molecule has 4 nitrogen and oxygen atoms in total. The van der Waals surface area contributed by atoms with Gasteiger partial charge in [0.15, 0.2) is 11.5 Å². The average Bonchev–Trinajstić information content (AvgIpc) is 2.73. The van der Waals surface area contributed by atoms with Gasteiger partial charge in [-0.1, -0.05) is 48.5 Å². The van der Waals surface area contributed by atoms with Crippen molar-refractivity contribution in [2.45, 2.75) is 0 Å². The van der Waals surface area contributed by atoms with E-state index in [1.54, 1.807) is 26.4 Å². The zero-order valence-electron chi connectivity index (χ0n) is 15.3. The van der Waals surface area contributed by atoms with Gasteiger partial charge in [0.25, 0.3) is 0 Å². The first-order valence-electron chi connectivity index (χ1n) is 8.56. The van der Waals surface area contributed by atoms with Gasteiger partial charge in [0.05, 0.1) is 14.2 Å². The standard InChI is InChI=1S/C23H21NO3/c1-26-21-14-8-17(16-22(21)27-2)9-15-23(25)24-20-12-10-19(11-13-20)18-6-4-3-5-7-18/h3-16H,1-2H3,(H,24,25). The minimum absolute atomic E-state index is 0.197. The summed E-state index contributed by atoms with van der Waals surface area (Å²) in [7, 11) is 3.17. The van der Waals surface area contributed by atoms with E-state index < -0.39 is 0 Å². The molecule has 0 spiro atoms. The summed E-state index contributed by atoms with van der Waals surface area (Å²) in [6.45, 7) is 0. The highest BCUT2D eigenvalue weighted by molar-refractivity contribution is 6.02. The molecule has 0 aromatic heterocycles. The Morgan fingerprint density at radius 1 is 0.815 bits per heavy atom. The summed E-state index contributed by atoms with van der Waals surface area (Å²) in [6, 6.07) is 23.4. The Morgan fingerprint density at radius 3 is 2.15 bits per heavy atom. The lowest BCUT2D eigenvalue weighted by atomic mass is 10.1. The third-order valence-corrected chi connectivity index (χ3v) is 4.09. The minimum atomic E-state index is -0.197. The number of rotatable bonds is 6.